The first-order valence-corrected chi connectivity index (χ1v) is 9.13. The number of rotatable bonds is 4. The van der Waals surface area contributed by atoms with E-state index in [1.165, 1.54) is 0 Å². The van der Waals surface area contributed by atoms with Crippen molar-refractivity contribution < 1.29 is 5.21 Å². The van der Waals surface area contributed by atoms with E-state index in [2.05, 4.69) is 31.9 Å². The average Bonchev–Trinajstić information content (AvgIpc) is 2.62. The maximum absolute atomic E-state index is 12.2. The van der Waals surface area contributed by atoms with Crippen LogP contribution >= 0.6 is 22.9 Å². The molecule has 0 heterocycles. The van der Waals surface area contributed by atoms with E-state index in [1.54, 1.807) is 10.2 Å². The standard InChI is InChI=1S/C17H20INO2.C2H6.H3NO/c1-16(2,11-9-7-6-8-10-11)17(3,4)12-13(19(5)18)15(21)14(12)20;2*1-2/h6-10H,1-5H3;1-2H3;2H,1H2. The van der Waals surface area contributed by atoms with Crippen LogP contribution in [0.4, 0.5) is 5.69 Å². The Morgan fingerprint density at radius 3 is 1.76 bits per heavy atom. The molecule has 0 saturated carbocycles. The van der Waals surface area contributed by atoms with Gasteiger partial charge in [-0.25, -0.2) is 5.90 Å². The Hall–Kier alpha value is -1.25. The summed E-state index contributed by atoms with van der Waals surface area (Å²) in [5, 5.41) is 6.50. The molecule has 0 aliphatic heterocycles. The minimum atomic E-state index is -0.436. The fourth-order valence-corrected chi connectivity index (χ4v) is 3.24. The number of halogens is 1. The number of hydrogen-bond acceptors (Lipinski definition) is 5. The summed E-state index contributed by atoms with van der Waals surface area (Å²) in [5.41, 5.74) is 0.908. The highest BCUT2D eigenvalue weighted by Gasteiger charge is 2.46. The van der Waals surface area contributed by atoms with E-state index in [1.807, 2.05) is 68.8 Å². The quantitative estimate of drug-likeness (QED) is 0.315. The molecule has 3 N–H and O–H groups in total. The fraction of sp³-hybridized carbons (Fsp3) is 0.474. The summed E-state index contributed by atoms with van der Waals surface area (Å²) in [6.45, 7) is 12.3. The Balaban J connectivity index is 0.00000134. The van der Waals surface area contributed by atoms with Crippen LogP contribution < -0.4 is 19.9 Å². The first kappa shape index (κ1) is 23.8. The van der Waals surface area contributed by atoms with Crippen molar-refractivity contribution in [1.82, 2.24) is 0 Å². The second kappa shape index (κ2) is 9.45. The summed E-state index contributed by atoms with van der Waals surface area (Å²) in [4.78, 5) is 24.0. The SMILES string of the molecule is CC.CN(I)c1c(C(C)(C)C(C)(C)c2ccccc2)c(=O)c1=O.NO. The third-order valence-electron chi connectivity index (χ3n) is 4.88. The predicted octanol–water partition coefficient (Wildman–Crippen LogP) is 3.68. The lowest BCUT2D eigenvalue weighted by Crippen LogP contribution is -2.52. The molecule has 2 aromatic rings. The lowest BCUT2D eigenvalue weighted by molar-refractivity contribution is 0.300. The van der Waals surface area contributed by atoms with Crippen molar-refractivity contribution in [1.29, 1.82) is 0 Å². The zero-order valence-electron chi connectivity index (χ0n) is 16.1. The normalized spacial score (nSPS) is 11.1. The molecule has 0 unspecified atom stereocenters. The second-order valence-electron chi connectivity index (χ2n) is 6.48. The number of nitrogens with two attached hydrogens (primary N) is 1. The van der Waals surface area contributed by atoms with Gasteiger partial charge in [-0.3, -0.25) is 9.59 Å². The van der Waals surface area contributed by atoms with Crippen molar-refractivity contribution in [2.75, 3.05) is 10.2 Å². The van der Waals surface area contributed by atoms with Crippen LogP contribution in [0.3, 0.4) is 0 Å². The molecule has 140 valence electrons. The van der Waals surface area contributed by atoms with Crippen LogP contribution in [-0.2, 0) is 10.8 Å². The van der Waals surface area contributed by atoms with E-state index in [0.717, 1.165) is 5.56 Å². The van der Waals surface area contributed by atoms with Gasteiger partial charge in [-0.1, -0.05) is 71.9 Å². The largest absolute Gasteiger partial charge is 0.320 e. The molecular weight excluding hydrogens is 431 g/mol. The molecule has 0 fully saturated rings. The number of nitrogens with zero attached hydrogens (tertiary/aromatic N) is 1. The van der Waals surface area contributed by atoms with Crippen LogP contribution in [0, 0.1) is 0 Å². The van der Waals surface area contributed by atoms with Crippen LogP contribution in [0.1, 0.15) is 52.7 Å². The molecule has 0 aromatic heterocycles. The van der Waals surface area contributed by atoms with Crippen molar-refractivity contribution >= 4 is 28.6 Å². The van der Waals surface area contributed by atoms with Crippen molar-refractivity contribution in [2.24, 2.45) is 5.90 Å². The van der Waals surface area contributed by atoms with Gasteiger partial charge < -0.3 is 8.32 Å². The zero-order chi connectivity index (χ0) is 20.0. The third kappa shape index (κ3) is 4.30. The summed E-state index contributed by atoms with van der Waals surface area (Å²) in [5.74, 6) is 3.50. The molecule has 2 rings (SSSR count). The summed E-state index contributed by atoms with van der Waals surface area (Å²) in [6, 6.07) is 10.1. The van der Waals surface area contributed by atoms with Gasteiger partial charge in [0.25, 0.3) is 0 Å². The van der Waals surface area contributed by atoms with E-state index in [0.29, 0.717) is 11.3 Å². The molecule has 6 heteroatoms. The predicted molar refractivity (Wildman–Crippen MR) is 114 cm³/mol. The average molecular weight is 460 g/mol. The molecule has 0 aliphatic rings. The number of hydrogen-bond donors (Lipinski definition) is 2. The van der Waals surface area contributed by atoms with Gasteiger partial charge in [-0.2, -0.15) is 0 Å². The summed E-state index contributed by atoms with van der Waals surface area (Å²) in [7, 11) is 1.80. The molecule has 5 nitrogen and oxygen atoms in total. The maximum Gasteiger partial charge on any atom is 0.250 e. The number of benzene rings is 1. The van der Waals surface area contributed by atoms with Gasteiger partial charge >= 0.3 is 0 Å². The monoisotopic (exact) mass is 460 g/mol. The van der Waals surface area contributed by atoms with Gasteiger partial charge in [-0.05, 0) is 11.0 Å². The Labute approximate surface area is 164 Å². The highest BCUT2D eigenvalue weighted by molar-refractivity contribution is 14.1. The first-order chi connectivity index (χ1) is 11.6. The smallest absolute Gasteiger partial charge is 0.250 e. The maximum atomic E-state index is 12.2. The van der Waals surface area contributed by atoms with Crippen LogP contribution in [0.25, 0.3) is 0 Å². The third-order valence-corrected chi connectivity index (χ3v) is 5.36. The fourth-order valence-electron chi connectivity index (χ4n) is 2.78. The van der Waals surface area contributed by atoms with Crippen LogP contribution in [-0.4, -0.2) is 12.3 Å². The Kier molecular flexibility index (Phi) is 8.98. The summed E-state index contributed by atoms with van der Waals surface area (Å²) >= 11 is 2.05. The molecule has 2 aromatic carbocycles. The van der Waals surface area contributed by atoms with Gasteiger partial charge in [0.2, 0.25) is 10.9 Å². The zero-order valence-corrected chi connectivity index (χ0v) is 18.2. The highest BCUT2D eigenvalue weighted by atomic mass is 127. The Morgan fingerprint density at radius 1 is 0.920 bits per heavy atom. The van der Waals surface area contributed by atoms with E-state index >= 15 is 0 Å². The highest BCUT2D eigenvalue weighted by Crippen LogP contribution is 2.45. The van der Waals surface area contributed by atoms with E-state index in [-0.39, 0.29) is 16.3 Å². The van der Waals surface area contributed by atoms with Crippen molar-refractivity contribution in [3.05, 3.63) is 61.9 Å². The van der Waals surface area contributed by atoms with E-state index in [4.69, 9.17) is 5.21 Å². The van der Waals surface area contributed by atoms with Crippen LogP contribution in [0.15, 0.2) is 39.9 Å². The van der Waals surface area contributed by atoms with Crippen molar-refractivity contribution in [2.45, 2.75) is 52.4 Å². The van der Waals surface area contributed by atoms with Gasteiger partial charge in [0, 0.05) is 18.0 Å². The lowest BCUT2D eigenvalue weighted by Gasteiger charge is -2.44. The molecule has 0 aliphatic carbocycles. The molecular formula is C19H29IN2O3. The van der Waals surface area contributed by atoms with Crippen LogP contribution in [0.5, 0.6) is 0 Å². The second-order valence-corrected chi connectivity index (χ2v) is 7.92. The Morgan fingerprint density at radius 2 is 1.36 bits per heavy atom. The lowest BCUT2D eigenvalue weighted by atomic mass is 9.59. The van der Waals surface area contributed by atoms with Gasteiger partial charge in [0.1, 0.15) is 5.69 Å². The molecule has 25 heavy (non-hydrogen) atoms. The molecule has 0 spiro atoms. The summed E-state index contributed by atoms with van der Waals surface area (Å²) < 4.78 is 1.72. The van der Waals surface area contributed by atoms with Gasteiger partial charge in [0.15, 0.2) is 0 Å². The summed E-state index contributed by atoms with van der Waals surface area (Å²) in [6.07, 6.45) is 0. The van der Waals surface area contributed by atoms with Gasteiger partial charge in [-0.15, -0.1) is 0 Å². The van der Waals surface area contributed by atoms with E-state index in [9.17, 15) is 9.59 Å². The molecule has 0 radical (unpaired) electrons. The van der Waals surface area contributed by atoms with Crippen LogP contribution in [0.2, 0.25) is 0 Å². The Bertz CT molecular complexity index is 731. The molecule has 0 atom stereocenters. The van der Waals surface area contributed by atoms with Crippen molar-refractivity contribution in [3.8, 4) is 0 Å². The minimum absolute atomic E-state index is 0.266. The minimum Gasteiger partial charge on any atom is -0.320 e. The van der Waals surface area contributed by atoms with E-state index < -0.39 is 5.41 Å². The van der Waals surface area contributed by atoms with Gasteiger partial charge in [0.05, 0.1) is 22.9 Å². The molecule has 0 amide bonds. The molecule has 0 saturated heterocycles. The number of anilines is 1. The molecule has 0 bridgehead atoms. The topological polar surface area (TPSA) is 83.6 Å². The van der Waals surface area contributed by atoms with Crippen molar-refractivity contribution in [3.63, 3.8) is 0 Å². The first-order valence-electron chi connectivity index (χ1n) is 8.17.